The van der Waals surface area contributed by atoms with Crippen molar-refractivity contribution in [3.05, 3.63) is 0 Å². The predicted octanol–water partition coefficient (Wildman–Crippen LogP) is -0.0956. The van der Waals surface area contributed by atoms with E-state index in [9.17, 15) is 4.79 Å². The lowest BCUT2D eigenvalue weighted by molar-refractivity contribution is -0.149. The van der Waals surface area contributed by atoms with Crippen LogP contribution in [0.1, 0.15) is 19.8 Å². The number of rotatable bonds is 2. The smallest absolute Gasteiger partial charge is 0.230 e. The van der Waals surface area contributed by atoms with Crippen molar-refractivity contribution in [1.82, 2.24) is 9.80 Å². The first-order valence-corrected chi connectivity index (χ1v) is 6.86. The van der Waals surface area contributed by atoms with E-state index >= 15 is 0 Å². The first-order chi connectivity index (χ1) is 8.59. The van der Waals surface area contributed by atoms with Crippen LogP contribution in [0.25, 0.3) is 0 Å². The minimum absolute atomic E-state index is 0.244. The molecule has 2 saturated heterocycles. The minimum Gasteiger partial charge on any atom is -0.381 e. The summed E-state index contributed by atoms with van der Waals surface area (Å²) in [4.78, 5) is 17.0. The van der Waals surface area contributed by atoms with Gasteiger partial charge in [0, 0.05) is 45.4 Å². The van der Waals surface area contributed by atoms with Crippen molar-refractivity contribution < 1.29 is 9.53 Å². The van der Waals surface area contributed by atoms with Crippen LogP contribution in [-0.2, 0) is 9.53 Å². The lowest BCUT2D eigenvalue weighted by Crippen LogP contribution is -2.58. The molecule has 18 heavy (non-hydrogen) atoms. The highest BCUT2D eigenvalue weighted by atomic mass is 16.5. The molecule has 0 saturated carbocycles. The molecule has 2 rings (SSSR count). The Labute approximate surface area is 109 Å². The van der Waals surface area contributed by atoms with Crippen LogP contribution in [0.4, 0.5) is 0 Å². The number of ether oxygens (including phenoxy) is 1. The molecule has 104 valence electrons. The number of nitrogens with two attached hydrogens (primary N) is 1. The van der Waals surface area contributed by atoms with Crippen molar-refractivity contribution in [2.75, 3.05) is 46.4 Å². The fourth-order valence-electron chi connectivity index (χ4n) is 2.84. The van der Waals surface area contributed by atoms with Crippen molar-refractivity contribution in [1.29, 1.82) is 0 Å². The van der Waals surface area contributed by atoms with Gasteiger partial charge in [0.15, 0.2) is 0 Å². The van der Waals surface area contributed by atoms with Crippen LogP contribution in [0.15, 0.2) is 0 Å². The van der Waals surface area contributed by atoms with Crippen LogP contribution in [-0.4, -0.2) is 68.2 Å². The van der Waals surface area contributed by atoms with Gasteiger partial charge in [-0.15, -0.1) is 0 Å². The van der Waals surface area contributed by atoms with Crippen molar-refractivity contribution in [3.63, 3.8) is 0 Å². The lowest BCUT2D eigenvalue weighted by Gasteiger charge is -2.43. The van der Waals surface area contributed by atoms with Crippen LogP contribution in [0, 0.1) is 5.41 Å². The van der Waals surface area contributed by atoms with E-state index in [1.54, 1.807) is 0 Å². The number of carbonyl (C=O) groups is 1. The number of hydrogen-bond acceptors (Lipinski definition) is 4. The van der Waals surface area contributed by atoms with Gasteiger partial charge in [-0.1, -0.05) is 0 Å². The summed E-state index contributed by atoms with van der Waals surface area (Å²) in [5, 5.41) is 0. The molecule has 0 aromatic rings. The summed E-state index contributed by atoms with van der Waals surface area (Å²) in [6.07, 6.45) is 1.53. The summed E-state index contributed by atoms with van der Waals surface area (Å²) in [7, 11) is 2.11. The molecule has 2 aliphatic rings. The highest BCUT2D eigenvalue weighted by molar-refractivity contribution is 5.83. The Hall–Kier alpha value is -0.650. The van der Waals surface area contributed by atoms with E-state index in [0.29, 0.717) is 25.8 Å². The molecule has 1 unspecified atom stereocenters. The van der Waals surface area contributed by atoms with E-state index in [2.05, 4.69) is 18.9 Å². The Kier molecular flexibility index (Phi) is 4.25. The monoisotopic (exact) mass is 255 g/mol. The number of hydrogen-bond donors (Lipinski definition) is 1. The quantitative estimate of drug-likeness (QED) is 0.749. The Balaban J connectivity index is 2.05. The van der Waals surface area contributed by atoms with Crippen molar-refractivity contribution >= 4 is 5.91 Å². The van der Waals surface area contributed by atoms with E-state index in [0.717, 1.165) is 32.5 Å². The number of piperazine rings is 1. The van der Waals surface area contributed by atoms with Crippen LogP contribution in [0.2, 0.25) is 0 Å². The molecule has 2 heterocycles. The highest BCUT2D eigenvalue weighted by Gasteiger charge is 2.42. The summed E-state index contributed by atoms with van der Waals surface area (Å²) in [5.41, 5.74) is 5.53. The van der Waals surface area contributed by atoms with Gasteiger partial charge < -0.3 is 20.3 Å². The molecular formula is C13H25N3O2. The molecule has 2 fully saturated rings. The van der Waals surface area contributed by atoms with Crippen molar-refractivity contribution in [2.45, 2.75) is 25.8 Å². The van der Waals surface area contributed by atoms with E-state index in [1.165, 1.54) is 0 Å². The molecule has 1 atom stereocenters. The molecule has 1 amide bonds. The van der Waals surface area contributed by atoms with Gasteiger partial charge in [-0.3, -0.25) is 4.79 Å². The van der Waals surface area contributed by atoms with Gasteiger partial charge in [0.1, 0.15) is 0 Å². The standard InChI is InChI=1S/C13H25N3O2/c1-11-9-16(6-5-15(11)2)12(17)13(10-14)3-7-18-8-4-13/h11H,3-10,14H2,1-2H3. The molecule has 0 aromatic carbocycles. The maximum absolute atomic E-state index is 12.7. The normalized spacial score (nSPS) is 29.3. The second kappa shape index (κ2) is 5.55. The Morgan fingerprint density at radius 3 is 2.61 bits per heavy atom. The molecular weight excluding hydrogens is 230 g/mol. The fraction of sp³-hybridized carbons (Fsp3) is 0.923. The maximum atomic E-state index is 12.7. The lowest BCUT2D eigenvalue weighted by atomic mass is 9.78. The minimum atomic E-state index is -0.367. The third-order valence-corrected chi connectivity index (χ3v) is 4.54. The number of amides is 1. The summed E-state index contributed by atoms with van der Waals surface area (Å²) < 4.78 is 5.37. The molecule has 0 radical (unpaired) electrons. The predicted molar refractivity (Wildman–Crippen MR) is 70.2 cm³/mol. The Bertz CT molecular complexity index is 303. The van der Waals surface area contributed by atoms with Gasteiger partial charge in [0.25, 0.3) is 0 Å². The molecule has 2 N–H and O–H groups in total. The topological polar surface area (TPSA) is 58.8 Å². The van der Waals surface area contributed by atoms with Gasteiger partial charge in [-0.05, 0) is 26.8 Å². The van der Waals surface area contributed by atoms with E-state index in [4.69, 9.17) is 10.5 Å². The third kappa shape index (κ3) is 2.53. The van der Waals surface area contributed by atoms with Crippen LogP contribution in [0.3, 0.4) is 0 Å². The first kappa shape index (κ1) is 13.8. The zero-order valence-electron chi connectivity index (χ0n) is 11.5. The second-order valence-electron chi connectivity index (χ2n) is 5.68. The number of nitrogens with zero attached hydrogens (tertiary/aromatic N) is 2. The molecule has 0 aromatic heterocycles. The van der Waals surface area contributed by atoms with Crippen LogP contribution < -0.4 is 5.73 Å². The summed E-state index contributed by atoms with van der Waals surface area (Å²) >= 11 is 0. The zero-order chi connectivity index (χ0) is 13.2. The summed E-state index contributed by atoms with van der Waals surface area (Å²) in [5.74, 6) is 0.244. The fourth-order valence-corrected chi connectivity index (χ4v) is 2.84. The zero-order valence-corrected chi connectivity index (χ0v) is 11.5. The van der Waals surface area contributed by atoms with Gasteiger partial charge in [-0.2, -0.15) is 0 Å². The Morgan fingerprint density at radius 1 is 1.39 bits per heavy atom. The van der Waals surface area contributed by atoms with Gasteiger partial charge >= 0.3 is 0 Å². The molecule has 2 aliphatic heterocycles. The molecule has 0 bridgehead atoms. The SMILES string of the molecule is CC1CN(C(=O)C2(CN)CCOCC2)CCN1C. The summed E-state index contributed by atoms with van der Waals surface area (Å²) in [6, 6.07) is 0.428. The van der Waals surface area contributed by atoms with Gasteiger partial charge in [0.2, 0.25) is 5.91 Å². The molecule has 0 spiro atoms. The number of carbonyl (C=O) groups excluding carboxylic acids is 1. The Morgan fingerprint density at radius 2 is 2.06 bits per heavy atom. The summed E-state index contributed by atoms with van der Waals surface area (Å²) in [6.45, 7) is 6.51. The molecule has 5 nitrogen and oxygen atoms in total. The van der Waals surface area contributed by atoms with Gasteiger partial charge in [0.05, 0.1) is 5.41 Å². The molecule has 0 aliphatic carbocycles. The van der Waals surface area contributed by atoms with Crippen molar-refractivity contribution in [3.8, 4) is 0 Å². The van der Waals surface area contributed by atoms with Crippen molar-refractivity contribution in [2.24, 2.45) is 11.1 Å². The number of likely N-dealkylation sites (N-methyl/N-ethyl adjacent to an activating group) is 1. The highest BCUT2D eigenvalue weighted by Crippen LogP contribution is 2.32. The largest absolute Gasteiger partial charge is 0.381 e. The van der Waals surface area contributed by atoms with E-state index < -0.39 is 0 Å². The third-order valence-electron chi connectivity index (χ3n) is 4.54. The van der Waals surface area contributed by atoms with E-state index in [-0.39, 0.29) is 11.3 Å². The van der Waals surface area contributed by atoms with Crippen LogP contribution >= 0.6 is 0 Å². The molecule has 5 heteroatoms. The maximum Gasteiger partial charge on any atom is 0.230 e. The first-order valence-electron chi connectivity index (χ1n) is 6.86. The van der Waals surface area contributed by atoms with E-state index in [1.807, 2.05) is 4.90 Å². The van der Waals surface area contributed by atoms with Gasteiger partial charge in [-0.25, -0.2) is 0 Å². The average Bonchev–Trinajstić information content (AvgIpc) is 2.42. The average molecular weight is 255 g/mol. The second-order valence-corrected chi connectivity index (χ2v) is 5.68. The van der Waals surface area contributed by atoms with Crippen LogP contribution in [0.5, 0.6) is 0 Å².